The van der Waals surface area contributed by atoms with Crippen molar-refractivity contribution in [2.24, 2.45) is 22.9 Å². The monoisotopic (exact) mass is 267 g/mol. The standard InChI is InChI=1S/C17H33NO/c1-5-6-7-8-9-12-19-18-17-13-15(4)10-11-16(17)14(2)3/h14-16H,5-13H2,1-4H3/b18-17-/t15-,16+/m1/s1. The molecular weight excluding hydrogens is 234 g/mol. The third kappa shape index (κ3) is 6.44. The minimum absolute atomic E-state index is 0.649. The van der Waals surface area contributed by atoms with Crippen molar-refractivity contribution in [2.45, 2.75) is 79.1 Å². The number of hydrogen-bond acceptors (Lipinski definition) is 2. The lowest BCUT2D eigenvalue weighted by Crippen LogP contribution is -2.28. The van der Waals surface area contributed by atoms with Gasteiger partial charge in [0.25, 0.3) is 0 Å². The lowest BCUT2D eigenvalue weighted by molar-refractivity contribution is 0.134. The lowest BCUT2D eigenvalue weighted by Gasteiger charge is -2.30. The summed E-state index contributed by atoms with van der Waals surface area (Å²) >= 11 is 0. The number of hydrogen-bond donors (Lipinski definition) is 0. The normalized spacial score (nSPS) is 26.1. The van der Waals surface area contributed by atoms with Crippen molar-refractivity contribution in [1.29, 1.82) is 0 Å². The molecular formula is C17H33NO. The van der Waals surface area contributed by atoms with E-state index in [2.05, 4.69) is 32.9 Å². The fraction of sp³-hybridized carbons (Fsp3) is 0.941. The van der Waals surface area contributed by atoms with E-state index in [1.807, 2.05) is 0 Å². The van der Waals surface area contributed by atoms with E-state index < -0.39 is 0 Å². The van der Waals surface area contributed by atoms with E-state index in [0.717, 1.165) is 25.4 Å². The summed E-state index contributed by atoms with van der Waals surface area (Å²) in [4.78, 5) is 5.57. The van der Waals surface area contributed by atoms with Gasteiger partial charge in [-0.2, -0.15) is 0 Å². The van der Waals surface area contributed by atoms with Gasteiger partial charge in [-0.05, 0) is 43.9 Å². The average Bonchev–Trinajstić information content (AvgIpc) is 2.37. The van der Waals surface area contributed by atoms with Gasteiger partial charge in [-0.1, -0.05) is 52.1 Å². The van der Waals surface area contributed by atoms with Gasteiger partial charge in [0.2, 0.25) is 0 Å². The molecule has 1 aliphatic rings. The summed E-state index contributed by atoms with van der Waals surface area (Å²) in [7, 11) is 0. The van der Waals surface area contributed by atoms with Crippen LogP contribution in [0.4, 0.5) is 0 Å². The van der Waals surface area contributed by atoms with Crippen LogP contribution in [0.15, 0.2) is 5.16 Å². The third-order valence-corrected chi connectivity index (χ3v) is 4.28. The van der Waals surface area contributed by atoms with Gasteiger partial charge in [-0.25, -0.2) is 0 Å². The highest BCUT2D eigenvalue weighted by atomic mass is 16.6. The molecule has 0 aromatic carbocycles. The minimum Gasteiger partial charge on any atom is -0.396 e. The first kappa shape index (κ1) is 16.5. The fourth-order valence-corrected chi connectivity index (χ4v) is 2.96. The molecule has 2 heteroatoms. The highest BCUT2D eigenvalue weighted by molar-refractivity contribution is 5.87. The van der Waals surface area contributed by atoms with Gasteiger partial charge in [0.1, 0.15) is 6.61 Å². The molecule has 0 saturated heterocycles. The Labute approximate surface area is 120 Å². The van der Waals surface area contributed by atoms with E-state index in [9.17, 15) is 0 Å². The van der Waals surface area contributed by atoms with Crippen molar-refractivity contribution in [2.75, 3.05) is 6.61 Å². The van der Waals surface area contributed by atoms with Crippen molar-refractivity contribution >= 4 is 5.71 Å². The number of unbranched alkanes of at least 4 members (excludes halogenated alkanes) is 4. The fourth-order valence-electron chi connectivity index (χ4n) is 2.96. The van der Waals surface area contributed by atoms with Crippen molar-refractivity contribution in [1.82, 2.24) is 0 Å². The molecule has 0 aromatic heterocycles. The molecule has 0 heterocycles. The zero-order valence-electron chi connectivity index (χ0n) is 13.5. The van der Waals surface area contributed by atoms with Crippen LogP contribution in [0, 0.1) is 17.8 Å². The summed E-state index contributed by atoms with van der Waals surface area (Å²) in [6.07, 6.45) is 10.2. The van der Waals surface area contributed by atoms with Crippen LogP contribution < -0.4 is 0 Å². The Morgan fingerprint density at radius 2 is 1.89 bits per heavy atom. The summed E-state index contributed by atoms with van der Waals surface area (Å²) in [5.41, 5.74) is 1.32. The first-order valence-electron chi connectivity index (χ1n) is 8.33. The Morgan fingerprint density at radius 1 is 1.16 bits per heavy atom. The Hall–Kier alpha value is -0.530. The maximum absolute atomic E-state index is 5.57. The van der Waals surface area contributed by atoms with Crippen LogP contribution in [0.25, 0.3) is 0 Å². The second-order valence-corrected chi connectivity index (χ2v) is 6.57. The molecule has 0 N–H and O–H groups in total. The van der Waals surface area contributed by atoms with Crippen LogP contribution in [0.1, 0.15) is 79.1 Å². The van der Waals surface area contributed by atoms with E-state index in [1.165, 1.54) is 44.2 Å². The topological polar surface area (TPSA) is 21.6 Å². The molecule has 0 spiro atoms. The van der Waals surface area contributed by atoms with E-state index in [1.54, 1.807) is 0 Å². The van der Waals surface area contributed by atoms with Crippen molar-refractivity contribution < 1.29 is 4.84 Å². The summed E-state index contributed by atoms with van der Waals surface area (Å²) in [6.45, 7) is 9.99. The Bertz CT molecular complexity index is 260. The van der Waals surface area contributed by atoms with E-state index >= 15 is 0 Å². The lowest BCUT2D eigenvalue weighted by atomic mass is 9.76. The first-order valence-corrected chi connectivity index (χ1v) is 8.33. The highest BCUT2D eigenvalue weighted by Gasteiger charge is 2.27. The quantitative estimate of drug-likeness (QED) is 0.425. The largest absolute Gasteiger partial charge is 0.396 e. The molecule has 0 bridgehead atoms. The zero-order valence-corrected chi connectivity index (χ0v) is 13.5. The van der Waals surface area contributed by atoms with Crippen molar-refractivity contribution in [3.8, 4) is 0 Å². The van der Waals surface area contributed by atoms with E-state index in [4.69, 9.17) is 4.84 Å². The molecule has 2 nitrogen and oxygen atoms in total. The van der Waals surface area contributed by atoms with E-state index in [-0.39, 0.29) is 0 Å². The van der Waals surface area contributed by atoms with Crippen LogP contribution in [0.3, 0.4) is 0 Å². The molecule has 1 aliphatic carbocycles. The molecule has 0 aromatic rings. The third-order valence-electron chi connectivity index (χ3n) is 4.28. The molecule has 1 rings (SSSR count). The second-order valence-electron chi connectivity index (χ2n) is 6.57. The van der Waals surface area contributed by atoms with Gasteiger partial charge in [0.05, 0.1) is 5.71 Å². The molecule has 2 atom stereocenters. The van der Waals surface area contributed by atoms with Crippen LogP contribution in [0.5, 0.6) is 0 Å². The smallest absolute Gasteiger partial charge is 0.117 e. The number of nitrogens with zero attached hydrogens (tertiary/aromatic N) is 1. The first-order chi connectivity index (χ1) is 9.15. The molecule has 0 radical (unpaired) electrons. The number of oxime groups is 1. The molecule has 1 fully saturated rings. The van der Waals surface area contributed by atoms with E-state index in [0.29, 0.717) is 11.8 Å². The van der Waals surface area contributed by atoms with Crippen LogP contribution in [-0.2, 0) is 4.84 Å². The SMILES string of the molecule is CCCCCCCO/N=C1/C[C@H](C)CC[C@H]1C(C)C. The molecule has 1 saturated carbocycles. The maximum atomic E-state index is 5.57. The summed E-state index contributed by atoms with van der Waals surface area (Å²) in [5.74, 6) is 2.12. The average molecular weight is 267 g/mol. The Kier molecular flexibility index (Phi) is 8.16. The predicted octanol–water partition coefficient (Wildman–Crippen LogP) is 5.42. The summed E-state index contributed by atoms with van der Waals surface area (Å²) in [6, 6.07) is 0. The Balaban J connectivity index is 2.27. The molecule has 0 aliphatic heterocycles. The zero-order chi connectivity index (χ0) is 14.1. The highest BCUT2D eigenvalue weighted by Crippen LogP contribution is 2.31. The van der Waals surface area contributed by atoms with Crippen molar-refractivity contribution in [3.63, 3.8) is 0 Å². The second kappa shape index (κ2) is 9.39. The molecule has 0 amide bonds. The molecule has 112 valence electrons. The van der Waals surface area contributed by atoms with Gasteiger partial charge in [0.15, 0.2) is 0 Å². The molecule has 19 heavy (non-hydrogen) atoms. The van der Waals surface area contributed by atoms with Gasteiger partial charge in [-0.15, -0.1) is 0 Å². The number of rotatable bonds is 8. The van der Waals surface area contributed by atoms with Gasteiger partial charge in [-0.3, -0.25) is 0 Å². The van der Waals surface area contributed by atoms with Gasteiger partial charge < -0.3 is 4.84 Å². The molecule has 0 unspecified atom stereocenters. The minimum atomic E-state index is 0.649. The van der Waals surface area contributed by atoms with Gasteiger partial charge in [0, 0.05) is 5.92 Å². The van der Waals surface area contributed by atoms with Crippen LogP contribution in [0.2, 0.25) is 0 Å². The van der Waals surface area contributed by atoms with Crippen molar-refractivity contribution in [3.05, 3.63) is 0 Å². The van der Waals surface area contributed by atoms with Crippen LogP contribution >= 0.6 is 0 Å². The summed E-state index contributed by atoms with van der Waals surface area (Å²) < 4.78 is 0. The predicted molar refractivity (Wildman–Crippen MR) is 83.5 cm³/mol. The summed E-state index contributed by atoms with van der Waals surface area (Å²) in [5, 5.41) is 4.47. The van der Waals surface area contributed by atoms with Gasteiger partial charge >= 0.3 is 0 Å². The van der Waals surface area contributed by atoms with Crippen LogP contribution in [-0.4, -0.2) is 12.3 Å². The maximum Gasteiger partial charge on any atom is 0.117 e. The Morgan fingerprint density at radius 3 is 2.58 bits per heavy atom.